The average Bonchev–Trinajstić information content (AvgIpc) is 2.31. The number of alkyl halides is 4. The van der Waals surface area contributed by atoms with Gasteiger partial charge in [-0.25, -0.2) is 0 Å². The second-order valence-electron chi connectivity index (χ2n) is 3.72. The normalized spacial score (nSPS) is 23.1. The lowest BCUT2D eigenvalue weighted by molar-refractivity contribution is -0.130. The van der Waals surface area contributed by atoms with Gasteiger partial charge < -0.3 is 4.90 Å². The summed E-state index contributed by atoms with van der Waals surface area (Å²) in [5.41, 5.74) is 0. The van der Waals surface area contributed by atoms with Gasteiger partial charge in [-0.05, 0) is 25.9 Å². The van der Waals surface area contributed by atoms with Gasteiger partial charge in [0.05, 0.1) is 0 Å². The molecule has 1 heterocycles. The highest BCUT2D eigenvalue weighted by molar-refractivity contribution is 9.09. The highest BCUT2D eigenvalue weighted by Crippen LogP contribution is 2.27. The van der Waals surface area contributed by atoms with Crippen molar-refractivity contribution < 1.29 is 13.2 Å². The van der Waals surface area contributed by atoms with Crippen LogP contribution in [0.3, 0.4) is 0 Å². The van der Waals surface area contributed by atoms with E-state index in [0.29, 0.717) is 0 Å². The molecule has 1 rings (SSSR count). The van der Waals surface area contributed by atoms with Crippen molar-refractivity contribution >= 4 is 15.9 Å². The Bertz CT molecular complexity index is 164. The third-order valence-corrected chi connectivity index (χ3v) is 3.28. The average molecular weight is 274 g/mol. The first kappa shape index (κ1) is 12.3. The lowest BCUT2D eigenvalue weighted by Gasteiger charge is -2.24. The molecule has 0 bridgehead atoms. The van der Waals surface area contributed by atoms with Crippen molar-refractivity contribution in [3.05, 3.63) is 0 Å². The summed E-state index contributed by atoms with van der Waals surface area (Å²) in [7, 11) is 0. The van der Waals surface area contributed by atoms with Crippen LogP contribution in [0, 0.1) is 0 Å². The highest BCUT2D eigenvalue weighted by atomic mass is 79.9. The molecule has 84 valence electrons. The predicted molar refractivity (Wildman–Crippen MR) is 53.7 cm³/mol. The second-order valence-corrected chi connectivity index (χ2v) is 4.83. The maximum atomic E-state index is 12.2. The topological polar surface area (TPSA) is 3.24 Å². The third-order valence-electron chi connectivity index (χ3n) is 2.47. The van der Waals surface area contributed by atoms with Gasteiger partial charge in [0, 0.05) is 6.54 Å². The zero-order valence-corrected chi connectivity index (χ0v) is 9.57. The first-order valence-corrected chi connectivity index (χ1v) is 5.85. The predicted octanol–water partition coefficient (Wildman–Crippen LogP) is 3.19. The minimum atomic E-state index is -4.12. The van der Waals surface area contributed by atoms with Crippen molar-refractivity contribution in [2.45, 2.75) is 36.7 Å². The van der Waals surface area contributed by atoms with E-state index in [1.165, 1.54) is 0 Å². The van der Waals surface area contributed by atoms with Crippen molar-refractivity contribution in [2.75, 3.05) is 19.6 Å². The minimum Gasteiger partial charge on any atom is -0.302 e. The molecule has 0 aromatic rings. The molecular formula is C9H15BrF3N. The summed E-state index contributed by atoms with van der Waals surface area (Å²) in [6.07, 6.45) is 0.229. The van der Waals surface area contributed by atoms with E-state index in [-0.39, 0.29) is 6.54 Å². The van der Waals surface area contributed by atoms with Crippen LogP contribution in [0.15, 0.2) is 0 Å². The number of likely N-dealkylation sites (tertiary alicyclic amines) is 1. The molecule has 0 saturated carbocycles. The Balaban J connectivity index is 2.34. The molecule has 14 heavy (non-hydrogen) atoms. The molecule has 1 saturated heterocycles. The molecular weight excluding hydrogens is 259 g/mol. The summed E-state index contributed by atoms with van der Waals surface area (Å²) in [6.45, 7) is 1.69. The van der Waals surface area contributed by atoms with E-state index in [9.17, 15) is 13.2 Å². The maximum absolute atomic E-state index is 12.2. The van der Waals surface area contributed by atoms with E-state index >= 15 is 0 Å². The van der Waals surface area contributed by atoms with Gasteiger partial charge in [-0.3, -0.25) is 0 Å². The smallest absolute Gasteiger partial charge is 0.302 e. The summed E-state index contributed by atoms with van der Waals surface area (Å²) in [4.78, 5) is 0.521. The van der Waals surface area contributed by atoms with Gasteiger partial charge in [-0.1, -0.05) is 28.8 Å². The minimum absolute atomic E-state index is 0.0868. The van der Waals surface area contributed by atoms with Crippen molar-refractivity contribution in [1.29, 1.82) is 0 Å². The van der Waals surface area contributed by atoms with Crippen LogP contribution in [-0.2, 0) is 0 Å². The molecule has 0 amide bonds. The van der Waals surface area contributed by atoms with Gasteiger partial charge in [-0.15, -0.1) is 0 Å². The lowest BCUT2D eigenvalue weighted by Crippen LogP contribution is -2.37. The Morgan fingerprint density at radius 2 is 1.57 bits per heavy atom. The standard InChI is InChI=1S/C9H15BrF3N/c10-8(9(11,12)13)7-14-5-3-1-2-4-6-14/h8H,1-7H2. The van der Waals surface area contributed by atoms with Crippen LogP contribution >= 0.6 is 15.9 Å². The summed E-state index contributed by atoms with van der Waals surface area (Å²) in [6, 6.07) is 0. The van der Waals surface area contributed by atoms with Crippen LogP contribution < -0.4 is 0 Å². The van der Waals surface area contributed by atoms with Gasteiger partial charge in [0.2, 0.25) is 0 Å². The molecule has 0 N–H and O–H groups in total. The largest absolute Gasteiger partial charge is 0.402 e. The van der Waals surface area contributed by atoms with Crippen LogP contribution in [-0.4, -0.2) is 35.5 Å². The molecule has 1 unspecified atom stereocenters. The highest BCUT2D eigenvalue weighted by Gasteiger charge is 2.38. The number of nitrogens with zero attached hydrogens (tertiary/aromatic N) is 1. The molecule has 5 heteroatoms. The zero-order chi connectivity index (χ0) is 10.6. The molecule has 1 fully saturated rings. The van der Waals surface area contributed by atoms with Crippen LogP contribution in [0.2, 0.25) is 0 Å². The van der Waals surface area contributed by atoms with Crippen LogP contribution in [0.1, 0.15) is 25.7 Å². The molecule has 0 spiro atoms. The Labute approximate surface area is 90.8 Å². The van der Waals surface area contributed by atoms with Gasteiger partial charge in [-0.2, -0.15) is 13.2 Å². The van der Waals surface area contributed by atoms with Crippen molar-refractivity contribution in [2.24, 2.45) is 0 Å². The van der Waals surface area contributed by atoms with Crippen LogP contribution in [0.5, 0.6) is 0 Å². The number of hydrogen-bond acceptors (Lipinski definition) is 1. The van der Waals surface area contributed by atoms with E-state index in [1.807, 2.05) is 4.90 Å². The van der Waals surface area contributed by atoms with Gasteiger partial charge in [0.25, 0.3) is 0 Å². The Morgan fingerprint density at radius 1 is 1.07 bits per heavy atom. The Morgan fingerprint density at radius 3 is 2.00 bits per heavy atom. The molecule has 1 nitrogen and oxygen atoms in total. The number of halogens is 4. The monoisotopic (exact) mass is 273 g/mol. The molecule has 1 atom stereocenters. The first-order chi connectivity index (χ1) is 6.50. The summed E-state index contributed by atoms with van der Waals surface area (Å²) in [5.74, 6) is 0. The van der Waals surface area contributed by atoms with Crippen molar-refractivity contribution in [3.63, 3.8) is 0 Å². The van der Waals surface area contributed by atoms with Gasteiger partial charge in [0.1, 0.15) is 4.83 Å². The van der Waals surface area contributed by atoms with E-state index in [4.69, 9.17) is 0 Å². The van der Waals surface area contributed by atoms with Gasteiger partial charge in [0.15, 0.2) is 0 Å². The molecule has 0 radical (unpaired) electrons. The maximum Gasteiger partial charge on any atom is 0.402 e. The van der Waals surface area contributed by atoms with Crippen LogP contribution in [0.25, 0.3) is 0 Å². The Hall–Kier alpha value is 0.230. The second kappa shape index (κ2) is 5.35. The van der Waals surface area contributed by atoms with Crippen LogP contribution in [0.4, 0.5) is 13.2 Å². The zero-order valence-electron chi connectivity index (χ0n) is 7.99. The van der Waals surface area contributed by atoms with E-state index < -0.39 is 11.0 Å². The molecule has 1 aliphatic heterocycles. The van der Waals surface area contributed by atoms with E-state index in [1.54, 1.807) is 0 Å². The van der Waals surface area contributed by atoms with Crippen molar-refractivity contribution in [1.82, 2.24) is 4.90 Å². The van der Waals surface area contributed by atoms with E-state index in [0.717, 1.165) is 38.8 Å². The fraction of sp³-hybridized carbons (Fsp3) is 1.00. The lowest BCUT2D eigenvalue weighted by atomic mass is 10.2. The molecule has 0 aliphatic carbocycles. The SMILES string of the molecule is FC(F)(F)C(Br)CN1CCCCCC1. The molecule has 0 aromatic carbocycles. The molecule has 1 aliphatic rings. The fourth-order valence-electron chi connectivity index (χ4n) is 1.65. The summed E-state index contributed by atoms with van der Waals surface area (Å²) < 4.78 is 36.7. The number of rotatable bonds is 2. The third kappa shape index (κ3) is 4.17. The molecule has 0 aromatic heterocycles. The summed E-state index contributed by atoms with van der Waals surface area (Å²) in [5, 5.41) is 0. The summed E-state index contributed by atoms with van der Waals surface area (Å²) >= 11 is 2.69. The van der Waals surface area contributed by atoms with Gasteiger partial charge >= 0.3 is 6.18 Å². The van der Waals surface area contributed by atoms with E-state index in [2.05, 4.69) is 15.9 Å². The van der Waals surface area contributed by atoms with Crippen molar-refractivity contribution in [3.8, 4) is 0 Å². The Kier molecular flexibility index (Phi) is 4.70. The number of hydrogen-bond donors (Lipinski definition) is 0. The first-order valence-electron chi connectivity index (χ1n) is 4.93. The fourth-order valence-corrected chi connectivity index (χ4v) is 2.06. The quantitative estimate of drug-likeness (QED) is 0.699.